The van der Waals surface area contributed by atoms with Crippen LogP contribution in [-0.4, -0.2) is 83.1 Å². The van der Waals surface area contributed by atoms with E-state index in [1.54, 1.807) is 78.6 Å². The van der Waals surface area contributed by atoms with Gasteiger partial charge < -0.3 is 30.7 Å². The molecule has 61 heavy (non-hydrogen) atoms. The maximum Gasteiger partial charge on any atom is 0.239 e. The van der Waals surface area contributed by atoms with Crippen molar-refractivity contribution in [2.45, 2.75) is 51.9 Å². The summed E-state index contributed by atoms with van der Waals surface area (Å²) in [5, 5.41) is 15.9. The fourth-order valence-electron chi connectivity index (χ4n) is 6.20. The minimum atomic E-state index is -0.785. The lowest BCUT2D eigenvalue weighted by Gasteiger charge is -2.34. The van der Waals surface area contributed by atoms with E-state index >= 15 is 0 Å². The van der Waals surface area contributed by atoms with E-state index in [0.717, 1.165) is 11.1 Å². The van der Waals surface area contributed by atoms with Crippen molar-refractivity contribution in [3.63, 3.8) is 0 Å². The minimum absolute atomic E-state index is 0.0151. The second kappa shape index (κ2) is 19.6. The van der Waals surface area contributed by atoms with Gasteiger partial charge >= 0.3 is 0 Å². The van der Waals surface area contributed by atoms with Crippen LogP contribution in [0.1, 0.15) is 38.8 Å². The lowest BCUT2D eigenvalue weighted by atomic mass is 10.0. The third-order valence-corrected chi connectivity index (χ3v) is 10.7. The second-order valence-corrected chi connectivity index (χ2v) is 15.6. The van der Waals surface area contributed by atoms with Crippen LogP contribution < -0.4 is 36.1 Å². The molecule has 0 fully saturated rings. The highest BCUT2D eigenvalue weighted by molar-refractivity contribution is 6.31. The number of amides is 2. The molecule has 2 heterocycles. The van der Waals surface area contributed by atoms with Crippen LogP contribution in [0.3, 0.4) is 0 Å². The summed E-state index contributed by atoms with van der Waals surface area (Å²) < 4.78 is 39.8. The first-order valence-corrected chi connectivity index (χ1v) is 19.7. The zero-order chi connectivity index (χ0) is 44.6. The molecule has 2 aromatic heterocycles. The van der Waals surface area contributed by atoms with E-state index in [9.17, 15) is 18.4 Å². The van der Waals surface area contributed by atoms with Crippen molar-refractivity contribution in [2.75, 3.05) is 46.0 Å². The van der Waals surface area contributed by atoms with E-state index in [2.05, 4.69) is 46.5 Å². The Morgan fingerprint density at radius 2 is 1.16 bits per heavy atom. The molecule has 6 rings (SSSR count). The van der Waals surface area contributed by atoms with Crippen molar-refractivity contribution in [2.24, 2.45) is 0 Å². The Morgan fingerprint density at radius 3 is 1.62 bits per heavy atom. The molecule has 0 aliphatic rings. The SMILES string of the molecule is CNC(=O)C(C)(C)N(C)Cc1cc2c(Nc3cccc(Cl)c3F)ncnc2cc1OC.CNC(=O)C(C)(C)NCc1cc2c(Nc3cccc(Cl)c3F)ncnc2cc1OC. The number of benzene rings is 4. The lowest BCUT2D eigenvalue weighted by molar-refractivity contribution is -0.130. The number of halogens is 4. The van der Waals surface area contributed by atoms with Crippen LogP contribution in [0.15, 0.2) is 73.3 Å². The fraction of sp³-hybridized carbons (Fsp3) is 0.302. The minimum Gasteiger partial charge on any atom is -0.496 e. The van der Waals surface area contributed by atoms with Crippen molar-refractivity contribution >= 4 is 79.8 Å². The molecular weight excluding hydrogens is 829 g/mol. The number of ether oxygens (including phenoxy) is 2. The van der Waals surface area contributed by atoms with E-state index in [-0.39, 0.29) is 33.2 Å². The smallest absolute Gasteiger partial charge is 0.239 e. The molecule has 322 valence electrons. The van der Waals surface area contributed by atoms with Crippen molar-refractivity contribution in [3.8, 4) is 11.5 Å². The molecule has 0 saturated heterocycles. The van der Waals surface area contributed by atoms with Crippen LogP contribution in [0, 0.1) is 11.6 Å². The number of aromatic nitrogens is 4. The van der Waals surface area contributed by atoms with Gasteiger partial charge in [0.2, 0.25) is 11.8 Å². The largest absolute Gasteiger partial charge is 0.496 e. The number of rotatable bonds is 14. The Morgan fingerprint density at radius 1 is 0.705 bits per heavy atom. The van der Waals surface area contributed by atoms with Gasteiger partial charge in [0.15, 0.2) is 11.6 Å². The Bertz CT molecular complexity index is 2560. The van der Waals surface area contributed by atoms with E-state index in [4.69, 9.17) is 32.7 Å². The van der Waals surface area contributed by atoms with Gasteiger partial charge in [0.25, 0.3) is 0 Å². The highest BCUT2D eigenvalue weighted by Crippen LogP contribution is 2.34. The number of carbonyl (C=O) groups is 2. The topological polar surface area (TPSA) is 168 Å². The molecule has 18 heteroatoms. The molecule has 0 radical (unpaired) electrons. The average molecular weight is 878 g/mol. The lowest BCUT2D eigenvalue weighted by Crippen LogP contribution is -2.52. The third kappa shape index (κ3) is 10.5. The number of carbonyl (C=O) groups excluding carboxylic acids is 2. The Kier molecular flexibility index (Phi) is 14.8. The zero-order valence-corrected chi connectivity index (χ0v) is 36.7. The van der Waals surface area contributed by atoms with Gasteiger partial charge in [-0.05, 0) is 71.1 Å². The standard InChI is InChI=1S/C22H25ClFN5O2.C21H23ClFN5O2/c1-22(2,21(30)25-3)29(4)11-13-9-14-17(10-18(13)31-5)26-12-27-20(14)28-16-8-6-7-15(23)19(16)24;1-21(2,20(29)24-3)27-10-12-8-13-16(9-17(12)30-4)25-11-26-19(13)28-15-7-5-6-14(22)18(15)23/h6-10,12H,11H2,1-5H3,(H,25,30)(H,26,27,28);5-9,11,27H,10H2,1-4H3,(H,24,29)(H,25,26,28). The quantitative estimate of drug-likeness (QED) is 0.0719. The monoisotopic (exact) mass is 876 g/mol. The number of hydrogen-bond donors (Lipinski definition) is 5. The van der Waals surface area contributed by atoms with Gasteiger partial charge in [0.05, 0.1) is 57.8 Å². The van der Waals surface area contributed by atoms with E-state index in [1.165, 1.54) is 24.8 Å². The number of methoxy groups -OCH3 is 2. The molecule has 14 nitrogen and oxygen atoms in total. The molecule has 5 N–H and O–H groups in total. The number of anilines is 4. The number of hydrogen-bond acceptors (Lipinski definition) is 12. The van der Waals surface area contributed by atoms with Crippen molar-refractivity contribution < 1.29 is 27.8 Å². The Labute approximate surface area is 362 Å². The van der Waals surface area contributed by atoms with E-state index < -0.39 is 22.7 Å². The maximum absolute atomic E-state index is 14.4. The van der Waals surface area contributed by atoms with Crippen molar-refractivity contribution in [1.82, 2.24) is 40.8 Å². The van der Waals surface area contributed by atoms with Crippen molar-refractivity contribution in [3.05, 3.63) is 106 Å². The molecular formula is C43H48Cl2F2N10O4. The Hall–Kier alpha value is -5.94. The molecule has 6 aromatic rings. The molecule has 0 aliphatic heterocycles. The summed E-state index contributed by atoms with van der Waals surface area (Å²) in [6.45, 7) is 8.06. The van der Waals surface area contributed by atoms with Gasteiger partial charge in [0.1, 0.15) is 35.8 Å². The number of fused-ring (bicyclic) bond motifs is 2. The number of likely N-dealkylation sites (N-methyl/N-ethyl adjacent to an activating group) is 3. The van der Waals surface area contributed by atoms with Gasteiger partial charge in [-0.15, -0.1) is 0 Å². The molecule has 0 atom stereocenters. The van der Waals surface area contributed by atoms with Crippen LogP contribution in [0.2, 0.25) is 10.0 Å². The second-order valence-electron chi connectivity index (χ2n) is 14.8. The summed E-state index contributed by atoms with van der Waals surface area (Å²) in [7, 11) is 8.21. The summed E-state index contributed by atoms with van der Waals surface area (Å²) >= 11 is 11.8. The van der Waals surface area contributed by atoms with Gasteiger partial charge in [-0.1, -0.05) is 35.3 Å². The zero-order valence-electron chi connectivity index (χ0n) is 35.2. The molecule has 0 unspecified atom stereocenters. The summed E-state index contributed by atoms with van der Waals surface area (Å²) in [4.78, 5) is 43.4. The molecule has 2 amide bonds. The first-order valence-electron chi connectivity index (χ1n) is 18.9. The van der Waals surface area contributed by atoms with E-state index in [1.807, 2.05) is 37.9 Å². The highest BCUT2D eigenvalue weighted by atomic mass is 35.5. The van der Waals surface area contributed by atoms with Gasteiger partial charge in [-0.3, -0.25) is 19.8 Å². The summed E-state index contributed by atoms with van der Waals surface area (Å²) in [6, 6.07) is 16.7. The predicted molar refractivity (Wildman–Crippen MR) is 236 cm³/mol. The van der Waals surface area contributed by atoms with Crippen LogP contribution in [0.4, 0.5) is 31.8 Å². The molecule has 0 bridgehead atoms. The number of nitrogens with zero attached hydrogens (tertiary/aromatic N) is 5. The molecule has 0 saturated carbocycles. The predicted octanol–water partition coefficient (Wildman–Crippen LogP) is 7.92. The summed E-state index contributed by atoms with van der Waals surface area (Å²) in [6.07, 6.45) is 2.78. The van der Waals surface area contributed by atoms with E-state index in [0.29, 0.717) is 58.0 Å². The first kappa shape index (κ1) is 46.1. The molecule has 0 aliphatic carbocycles. The third-order valence-electron chi connectivity index (χ3n) is 10.1. The van der Waals surface area contributed by atoms with Gasteiger partial charge in [-0.25, -0.2) is 28.7 Å². The van der Waals surface area contributed by atoms with Crippen LogP contribution in [0.5, 0.6) is 11.5 Å². The van der Waals surface area contributed by atoms with Crippen LogP contribution in [-0.2, 0) is 22.7 Å². The first-order chi connectivity index (χ1) is 28.9. The molecule has 0 spiro atoms. The fourth-order valence-corrected chi connectivity index (χ4v) is 6.54. The molecule has 4 aromatic carbocycles. The summed E-state index contributed by atoms with van der Waals surface area (Å²) in [5.74, 6) is 0.748. The van der Waals surface area contributed by atoms with Gasteiger partial charge in [0, 0.05) is 61.2 Å². The highest BCUT2D eigenvalue weighted by Gasteiger charge is 2.32. The van der Waals surface area contributed by atoms with Crippen LogP contribution >= 0.6 is 23.2 Å². The normalized spacial score (nSPS) is 11.5. The average Bonchev–Trinajstić information content (AvgIpc) is 3.25. The number of nitrogens with one attached hydrogen (secondary N) is 5. The van der Waals surface area contributed by atoms with Crippen LogP contribution in [0.25, 0.3) is 21.8 Å². The Balaban J connectivity index is 0.000000231. The summed E-state index contributed by atoms with van der Waals surface area (Å²) in [5.41, 5.74) is 1.78. The van der Waals surface area contributed by atoms with Gasteiger partial charge in [-0.2, -0.15) is 0 Å². The van der Waals surface area contributed by atoms with Crippen molar-refractivity contribution in [1.29, 1.82) is 0 Å². The maximum atomic E-state index is 14.4.